The molecule has 0 radical (unpaired) electrons. The molecule has 1 aliphatic rings. The number of hydrogen-bond donors (Lipinski definition) is 2. The standard InChI is InChI=1S/C13H23N3/c1-2-7-14-12(11-5-3-4-6-11)10-13-15-8-9-16-13/h8-9,11-12,14H,2-7,10H2,1H3,(H,15,16). The van der Waals surface area contributed by atoms with Crippen LogP contribution in [0.3, 0.4) is 0 Å². The number of nitrogens with zero attached hydrogens (tertiary/aromatic N) is 1. The Balaban J connectivity index is 1.90. The van der Waals surface area contributed by atoms with Crippen LogP contribution in [0.1, 0.15) is 44.9 Å². The van der Waals surface area contributed by atoms with Crippen molar-refractivity contribution in [2.45, 2.75) is 51.5 Å². The molecule has 2 rings (SSSR count). The third kappa shape index (κ3) is 3.08. The summed E-state index contributed by atoms with van der Waals surface area (Å²) in [5.74, 6) is 1.98. The number of hydrogen-bond acceptors (Lipinski definition) is 2. The highest BCUT2D eigenvalue weighted by Gasteiger charge is 2.25. The van der Waals surface area contributed by atoms with Gasteiger partial charge in [-0.3, -0.25) is 0 Å². The van der Waals surface area contributed by atoms with Crippen LogP contribution in [0.2, 0.25) is 0 Å². The van der Waals surface area contributed by atoms with Crippen molar-refractivity contribution in [1.82, 2.24) is 15.3 Å². The van der Waals surface area contributed by atoms with E-state index in [0.29, 0.717) is 6.04 Å². The van der Waals surface area contributed by atoms with E-state index in [2.05, 4.69) is 22.2 Å². The van der Waals surface area contributed by atoms with Crippen molar-refractivity contribution in [3.05, 3.63) is 18.2 Å². The van der Waals surface area contributed by atoms with Crippen LogP contribution in [0.5, 0.6) is 0 Å². The second kappa shape index (κ2) is 6.04. The van der Waals surface area contributed by atoms with Gasteiger partial charge in [0.05, 0.1) is 0 Å². The summed E-state index contributed by atoms with van der Waals surface area (Å²) in [4.78, 5) is 7.56. The van der Waals surface area contributed by atoms with Crippen LogP contribution in [0.4, 0.5) is 0 Å². The lowest BCUT2D eigenvalue weighted by Crippen LogP contribution is -2.37. The lowest BCUT2D eigenvalue weighted by Gasteiger charge is -2.23. The van der Waals surface area contributed by atoms with E-state index in [-0.39, 0.29) is 0 Å². The molecule has 1 saturated carbocycles. The van der Waals surface area contributed by atoms with Gasteiger partial charge >= 0.3 is 0 Å². The Morgan fingerprint density at radius 1 is 1.50 bits per heavy atom. The molecule has 0 saturated heterocycles. The van der Waals surface area contributed by atoms with Crippen LogP contribution in [-0.2, 0) is 6.42 Å². The van der Waals surface area contributed by atoms with E-state index < -0.39 is 0 Å². The van der Waals surface area contributed by atoms with Gasteiger partial charge in [0.2, 0.25) is 0 Å². The summed E-state index contributed by atoms with van der Waals surface area (Å²) in [6.07, 6.45) is 11.6. The van der Waals surface area contributed by atoms with Crippen LogP contribution < -0.4 is 5.32 Å². The van der Waals surface area contributed by atoms with Crippen LogP contribution in [0, 0.1) is 5.92 Å². The van der Waals surface area contributed by atoms with Crippen molar-refractivity contribution in [3.63, 3.8) is 0 Å². The van der Waals surface area contributed by atoms with Gasteiger partial charge in [-0.25, -0.2) is 4.98 Å². The number of H-pyrrole nitrogens is 1. The molecule has 3 nitrogen and oxygen atoms in total. The number of aromatic amines is 1. The van der Waals surface area contributed by atoms with Crippen LogP contribution >= 0.6 is 0 Å². The van der Waals surface area contributed by atoms with Gasteiger partial charge in [-0.15, -0.1) is 0 Å². The molecule has 0 spiro atoms. The predicted molar refractivity (Wildman–Crippen MR) is 66.3 cm³/mol. The van der Waals surface area contributed by atoms with E-state index in [1.54, 1.807) is 0 Å². The van der Waals surface area contributed by atoms with Gasteiger partial charge in [0.15, 0.2) is 0 Å². The summed E-state index contributed by atoms with van der Waals surface area (Å²) in [6.45, 7) is 3.35. The molecule has 1 fully saturated rings. The van der Waals surface area contributed by atoms with Gasteiger partial charge in [0.1, 0.15) is 5.82 Å². The molecule has 90 valence electrons. The quantitative estimate of drug-likeness (QED) is 0.775. The van der Waals surface area contributed by atoms with Gasteiger partial charge in [-0.2, -0.15) is 0 Å². The Labute approximate surface area is 98.1 Å². The van der Waals surface area contributed by atoms with E-state index >= 15 is 0 Å². The third-order valence-electron chi connectivity index (χ3n) is 3.59. The minimum Gasteiger partial charge on any atom is -0.349 e. The highest BCUT2D eigenvalue weighted by Crippen LogP contribution is 2.28. The third-order valence-corrected chi connectivity index (χ3v) is 3.59. The summed E-state index contributed by atoms with van der Waals surface area (Å²) in [5.41, 5.74) is 0. The molecule has 0 amide bonds. The molecule has 0 bridgehead atoms. The first kappa shape index (κ1) is 11.6. The van der Waals surface area contributed by atoms with Crippen LogP contribution in [0.15, 0.2) is 12.4 Å². The fourth-order valence-electron chi connectivity index (χ4n) is 2.71. The number of nitrogens with one attached hydrogen (secondary N) is 2. The zero-order chi connectivity index (χ0) is 11.2. The molecule has 16 heavy (non-hydrogen) atoms. The molecule has 1 unspecified atom stereocenters. The molecular formula is C13H23N3. The molecule has 1 aromatic heterocycles. The van der Waals surface area contributed by atoms with Gasteiger partial charge in [-0.1, -0.05) is 19.8 Å². The summed E-state index contributed by atoms with van der Waals surface area (Å²) in [5, 5.41) is 3.69. The van der Waals surface area contributed by atoms with Gasteiger partial charge in [0.25, 0.3) is 0 Å². The van der Waals surface area contributed by atoms with E-state index in [0.717, 1.165) is 24.7 Å². The average Bonchev–Trinajstić information content (AvgIpc) is 2.96. The molecule has 2 N–H and O–H groups in total. The first-order chi connectivity index (χ1) is 7.90. The SMILES string of the molecule is CCCNC(Cc1ncc[nH]1)C1CCCC1. The molecular weight excluding hydrogens is 198 g/mol. The maximum absolute atomic E-state index is 4.34. The smallest absolute Gasteiger partial charge is 0.107 e. The molecule has 1 aromatic rings. The zero-order valence-corrected chi connectivity index (χ0v) is 10.2. The van der Waals surface area contributed by atoms with Crippen molar-refractivity contribution >= 4 is 0 Å². The van der Waals surface area contributed by atoms with E-state index in [4.69, 9.17) is 0 Å². The highest BCUT2D eigenvalue weighted by atomic mass is 14.9. The molecule has 1 atom stereocenters. The summed E-state index contributed by atoms with van der Waals surface area (Å²) in [7, 11) is 0. The molecule has 3 heteroatoms. The monoisotopic (exact) mass is 221 g/mol. The maximum Gasteiger partial charge on any atom is 0.107 e. The normalized spacial score (nSPS) is 19.1. The van der Waals surface area contributed by atoms with E-state index in [1.165, 1.54) is 32.1 Å². The van der Waals surface area contributed by atoms with Gasteiger partial charge in [0, 0.05) is 24.9 Å². The zero-order valence-electron chi connectivity index (χ0n) is 10.2. The first-order valence-electron chi connectivity index (χ1n) is 6.61. The summed E-state index contributed by atoms with van der Waals surface area (Å²) >= 11 is 0. The predicted octanol–water partition coefficient (Wildman–Crippen LogP) is 2.51. The Hall–Kier alpha value is -0.830. The van der Waals surface area contributed by atoms with Crippen molar-refractivity contribution in [3.8, 4) is 0 Å². The fourth-order valence-corrected chi connectivity index (χ4v) is 2.71. The minimum absolute atomic E-state index is 0.619. The molecule has 1 aliphatic carbocycles. The molecule has 0 aromatic carbocycles. The second-order valence-corrected chi connectivity index (χ2v) is 4.85. The highest BCUT2D eigenvalue weighted by molar-refractivity contribution is 4.94. The first-order valence-corrected chi connectivity index (χ1v) is 6.61. The van der Waals surface area contributed by atoms with Crippen LogP contribution in [-0.4, -0.2) is 22.6 Å². The lowest BCUT2D eigenvalue weighted by molar-refractivity contribution is 0.352. The number of aromatic nitrogens is 2. The Morgan fingerprint density at radius 2 is 2.31 bits per heavy atom. The van der Waals surface area contributed by atoms with E-state index in [9.17, 15) is 0 Å². The summed E-state index contributed by atoms with van der Waals surface area (Å²) in [6, 6.07) is 0.619. The summed E-state index contributed by atoms with van der Waals surface area (Å²) < 4.78 is 0. The fraction of sp³-hybridized carbons (Fsp3) is 0.769. The van der Waals surface area contributed by atoms with Crippen molar-refractivity contribution in [2.24, 2.45) is 5.92 Å². The second-order valence-electron chi connectivity index (χ2n) is 4.85. The van der Waals surface area contributed by atoms with Crippen molar-refractivity contribution < 1.29 is 0 Å². The lowest BCUT2D eigenvalue weighted by atomic mass is 9.95. The average molecular weight is 221 g/mol. The van der Waals surface area contributed by atoms with Crippen molar-refractivity contribution in [1.29, 1.82) is 0 Å². The Kier molecular flexibility index (Phi) is 4.40. The molecule has 1 heterocycles. The Morgan fingerprint density at radius 3 is 2.94 bits per heavy atom. The topological polar surface area (TPSA) is 40.7 Å². The van der Waals surface area contributed by atoms with Gasteiger partial charge in [-0.05, 0) is 31.7 Å². The van der Waals surface area contributed by atoms with Crippen LogP contribution in [0.25, 0.3) is 0 Å². The van der Waals surface area contributed by atoms with Crippen molar-refractivity contribution in [2.75, 3.05) is 6.54 Å². The Bertz CT molecular complexity index is 275. The maximum atomic E-state index is 4.34. The number of rotatable bonds is 6. The van der Waals surface area contributed by atoms with E-state index in [1.807, 2.05) is 12.4 Å². The molecule has 0 aliphatic heterocycles. The number of imidazole rings is 1. The largest absolute Gasteiger partial charge is 0.349 e. The van der Waals surface area contributed by atoms with Gasteiger partial charge < -0.3 is 10.3 Å². The minimum atomic E-state index is 0.619.